The summed E-state index contributed by atoms with van der Waals surface area (Å²) in [5.41, 5.74) is 0.889. The largest absolute Gasteiger partial charge is 0.478 e. The minimum Gasteiger partial charge on any atom is -0.478 e. The Kier molecular flexibility index (Phi) is 5.00. The Balaban J connectivity index is 2.37. The van der Waals surface area contributed by atoms with E-state index in [9.17, 15) is 4.79 Å². The summed E-state index contributed by atoms with van der Waals surface area (Å²) in [5, 5.41) is 12.1. The van der Waals surface area contributed by atoms with E-state index in [1.807, 2.05) is 6.92 Å². The van der Waals surface area contributed by atoms with Crippen LogP contribution in [-0.2, 0) is 4.79 Å². The first-order valence-electron chi connectivity index (χ1n) is 6.18. The fourth-order valence-corrected chi connectivity index (χ4v) is 2.67. The van der Waals surface area contributed by atoms with Gasteiger partial charge < -0.3 is 10.4 Å². The lowest BCUT2D eigenvalue weighted by Gasteiger charge is -2.21. The molecule has 1 rings (SSSR count). The van der Waals surface area contributed by atoms with Crippen LogP contribution in [0, 0.1) is 11.8 Å². The molecule has 0 bridgehead atoms. The Morgan fingerprint density at radius 2 is 2.19 bits per heavy atom. The molecule has 0 aromatic rings. The summed E-state index contributed by atoms with van der Waals surface area (Å²) >= 11 is 0. The van der Waals surface area contributed by atoms with Crippen molar-refractivity contribution in [2.24, 2.45) is 11.8 Å². The Morgan fingerprint density at radius 3 is 2.69 bits per heavy atom. The zero-order valence-electron chi connectivity index (χ0n) is 10.5. The minimum atomic E-state index is -0.856. The highest BCUT2D eigenvalue weighted by molar-refractivity contribution is 5.80. The number of carboxylic acid groups (broad SMARTS) is 1. The predicted molar refractivity (Wildman–Crippen MR) is 65.4 cm³/mol. The summed E-state index contributed by atoms with van der Waals surface area (Å²) < 4.78 is 0. The summed E-state index contributed by atoms with van der Waals surface area (Å²) in [6.45, 7) is 7.10. The van der Waals surface area contributed by atoms with Gasteiger partial charge in [-0.05, 0) is 31.6 Å². The van der Waals surface area contributed by atoms with Crippen molar-refractivity contribution in [2.75, 3.05) is 6.54 Å². The molecule has 3 unspecified atom stereocenters. The van der Waals surface area contributed by atoms with Gasteiger partial charge in [-0.1, -0.05) is 25.8 Å². The van der Waals surface area contributed by atoms with E-state index in [4.69, 9.17) is 5.11 Å². The highest BCUT2D eigenvalue weighted by Crippen LogP contribution is 2.33. The molecule has 0 heterocycles. The Morgan fingerprint density at radius 1 is 1.50 bits per heavy atom. The third kappa shape index (κ3) is 3.63. The van der Waals surface area contributed by atoms with Crippen LogP contribution in [0.5, 0.6) is 0 Å². The molecule has 0 aromatic heterocycles. The number of hydrogen-bond donors (Lipinski definition) is 2. The molecule has 16 heavy (non-hydrogen) atoms. The maximum Gasteiger partial charge on any atom is 0.328 e. The van der Waals surface area contributed by atoms with Crippen molar-refractivity contribution >= 4 is 5.97 Å². The molecule has 0 aliphatic heterocycles. The van der Waals surface area contributed by atoms with Crippen LogP contribution in [0.4, 0.5) is 0 Å². The number of hydrogen-bond acceptors (Lipinski definition) is 2. The molecular formula is C13H23NO2. The van der Waals surface area contributed by atoms with Crippen molar-refractivity contribution in [1.82, 2.24) is 5.32 Å². The van der Waals surface area contributed by atoms with E-state index in [2.05, 4.69) is 19.2 Å². The van der Waals surface area contributed by atoms with Gasteiger partial charge in [-0.15, -0.1) is 0 Å². The molecule has 1 aliphatic carbocycles. The Bertz CT molecular complexity index is 273. The lowest BCUT2D eigenvalue weighted by Crippen LogP contribution is -2.33. The van der Waals surface area contributed by atoms with Crippen LogP contribution in [0.25, 0.3) is 0 Å². The van der Waals surface area contributed by atoms with Gasteiger partial charge in [-0.2, -0.15) is 0 Å². The van der Waals surface area contributed by atoms with Crippen LogP contribution >= 0.6 is 0 Å². The van der Waals surface area contributed by atoms with Gasteiger partial charge in [0.25, 0.3) is 0 Å². The lowest BCUT2D eigenvalue weighted by atomic mass is 9.93. The maximum atomic E-state index is 10.5. The van der Waals surface area contributed by atoms with Gasteiger partial charge in [-0.25, -0.2) is 4.79 Å². The van der Waals surface area contributed by atoms with Crippen molar-refractivity contribution in [2.45, 2.75) is 46.1 Å². The van der Waals surface area contributed by atoms with Crippen LogP contribution in [-0.4, -0.2) is 23.7 Å². The fraction of sp³-hybridized carbons (Fsp3) is 0.769. The number of nitrogens with one attached hydrogen (secondary N) is 1. The summed E-state index contributed by atoms with van der Waals surface area (Å²) in [7, 11) is 0. The fourth-order valence-electron chi connectivity index (χ4n) is 2.67. The predicted octanol–water partition coefficient (Wildman–Crippen LogP) is 2.43. The van der Waals surface area contributed by atoms with Crippen LogP contribution in [0.1, 0.15) is 40.0 Å². The Hall–Kier alpha value is -0.830. The van der Waals surface area contributed by atoms with Crippen LogP contribution in [0.2, 0.25) is 0 Å². The van der Waals surface area contributed by atoms with Crippen molar-refractivity contribution < 1.29 is 9.90 Å². The van der Waals surface area contributed by atoms with Gasteiger partial charge in [0.15, 0.2) is 0 Å². The highest BCUT2D eigenvalue weighted by atomic mass is 16.4. The first kappa shape index (κ1) is 13.2. The average Bonchev–Trinajstić information content (AvgIpc) is 2.55. The highest BCUT2D eigenvalue weighted by Gasteiger charge is 2.30. The maximum absolute atomic E-state index is 10.5. The first-order chi connectivity index (χ1) is 7.54. The standard InChI is InChI=1S/C13H23NO2/c1-4-11-5-6-12(10(11)3)14-8-9(2)7-13(15)16/h7,10-12,14H,4-6,8H2,1-3H3,(H,15,16). The molecule has 3 nitrogen and oxygen atoms in total. The molecule has 0 spiro atoms. The molecule has 0 aromatic carbocycles. The van der Waals surface area contributed by atoms with Gasteiger partial charge in [-0.3, -0.25) is 0 Å². The molecule has 1 aliphatic rings. The zero-order chi connectivity index (χ0) is 12.1. The number of rotatable bonds is 5. The summed E-state index contributed by atoms with van der Waals surface area (Å²) in [5.74, 6) is 0.689. The smallest absolute Gasteiger partial charge is 0.328 e. The van der Waals surface area contributed by atoms with Crippen LogP contribution < -0.4 is 5.32 Å². The molecular weight excluding hydrogens is 202 g/mol. The van der Waals surface area contributed by atoms with Crippen molar-refractivity contribution in [3.63, 3.8) is 0 Å². The van der Waals surface area contributed by atoms with E-state index in [1.54, 1.807) is 0 Å². The van der Waals surface area contributed by atoms with Crippen LogP contribution in [0.15, 0.2) is 11.6 Å². The summed E-state index contributed by atoms with van der Waals surface area (Å²) in [6.07, 6.45) is 5.06. The Labute approximate surface area is 97.9 Å². The number of carbonyl (C=O) groups is 1. The van der Waals surface area contributed by atoms with E-state index >= 15 is 0 Å². The van der Waals surface area contributed by atoms with E-state index in [-0.39, 0.29) is 0 Å². The second-order valence-corrected chi connectivity index (χ2v) is 4.92. The number of aliphatic carboxylic acids is 1. The zero-order valence-corrected chi connectivity index (χ0v) is 10.5. The van der Waals surface area contributed by atoms with Crippen molar-refractivity contribution in [1.29, 1.82) is 0 Å². The summed E-state index contributed by atoms with van der Waals surface area (Å²) in [6, 6.07) is 0.557. The molecule has 3 atom stereocenters. The monoisotopic (exact) mass is 225 g/mol. The molecule has 2 N–H and O–H groups in total. The third-order valence-electron chi connectivity index (χ3n) is 3.76. The van der Waals surface area contributed by atoms with E-state index in [1.165, 1.54) is 25.3 Å². The second-order valence-electron chi connectivity index (χ2n) is 4.92. The topological polar surface area (TPSA) is 49.3 Å². The molecule has 92 valence electrons. The second kappa shape index (κ2) is 6.04. The van der Waals surface area contributed by atoms with E-state index in [0.29, 0.717) is 18.5 Å². The van der Waals surface area contributed by atoms with Gasteiger partial charge in [0.2, 0.25) is 0 Å². The molecule has 1 fully saturated rings. The van der Waals surface area contributed by atoms with Gasteiger partial charge in [0.05, 0.1) is 0 Å². The van der Waals surface area contributed by atoms with Crippen molar-refractivity contribution in [3.8, 4) is 0 Å². The average molecular weight is 225 g/mol. The molecule has 0 radical (unpaired) electrons. The van der Waals surface area contributed by atoms with Gasteiger partial charge >= 0.3 is 5.97 Å². The third-order valence-corrected chi connectivity index (χ3v) is 3.76. The quantitative estimate of drug-likeness (QED) is 0.706. The SMILES string of the molecule is CCC1CCC(NCC(C)=CC(=O)O)C1C. The minimum absolute atomic E-state index is 0.557. The lowest BCUT2D eigenvalue weighted by molar-refractivity contribution is -0.131. The number of carboxylic acids is 1. The van der Waals surface area contributed by atoms with E-state index in [0.717, 1.165) is 11.5 Å². The molecule has 3 heteroatoms. The molecule has 0 saturated heterocycles. The normalized spacial score (nSPS) is 30.7. The molecule has 1 saturated carbocycles. The summed E-state index contributed by atoms with van der Waals surface area (Å²) in [4.78, 5) is 10.5. The van der Waals surface area contributed by atoms with Gasteiger partial charge in [0.1, 0.15) is 0 Å². The first-order valence-corrected chi connectivity index (χ1v) is 6.18. The molecule has 0 amide bonds. The van der Waals surface area contributed by atoms with Gasteiger partial charge in [0, 0.05) is 18.7 Å². The van der Waals surface area contributed by atoms with Crippen LogP contribution in [0.3, 0.4) is 0 Å². The van der Waals surface area contributed by atoms with E-state index < -0.39 is 5.97 Å². The van der Waals surface area contributed by atoms with Crippen molar-refractivity contribution in [3.05, 3.63) is 11.6 Å².